The second-order valence-corrected chi connectivity index (χ2v) is 5.52. The highest BCUT2D eigenvalue weighted by Gasteiger charge is 2.13. The van der Waals surface area contributed by atoms with Crippen molar-refractivity contribution in [1.29, 1.82) is 0 Å². The maximum atomic E-state index is 3.57. The van der Waals surface area contributed by atoms with Gasteiger partial charge in [0.25, 0.3) is 0 Å². The topological polar surface area (TPSA) is 15.3 Å². The highest BCUT2D eigenvalue weighted by atomic mass is 15.1. The lowest BCUT2D eigenvalue weighted by Gasteiger charge is -2.22. The fraction of sp³-hybridized carbons (Fsp3) is 1.00. The second kappa shape index (κ2) is 8.08. The predicted molar refractivity (Wildman–Crippen MR) is 71.8 cm³/mol. The Bertz CT molecular complexity index is 170. The van der Waals surface area contributed by atoms with Crippen molar-refractivity contribution in [2.45, 2.75) is 58.9 Å². The smallest absolute Gasteiger partial charge is 0.00508 e. The largest absolute Gasteiger partial charge is 0.314 e. The Morgan fingerprint density at radius 1 is 1.31 bits per heavy atom. The monoisotopic (exact) mass is 226 g/mol. The minimum Gasteiger partial charge on any atom is -0.314 e. The zero-order valence-electron chi connectivity index (χ0n) is 11.5. The first kappa shape index (κ1) is 14.0. The van der Waals surface area contributed by atoms with Crippen molar-refractivity contribution in [2.75, 3.05) is 26.2 Å². The maximum absolute atomic E-state index is 3.57. The molecule has 1 heterocycles. The first-order chi connectivity index (χ1) is 7.72. The van der Waals surface area contributed by atoms with Gasteiger partial charge in [0, 0.05) is 6.04 Å². The van der Waals surface area contributed by atoms with Gasteiger partial charge in [0.1, 0.15) is 0 Å². The first-order valence-electron chi connectivity index (χ1n) is 7.18. The van der Waals surface area contributed by atoms with Crippen LogP contribution in [0.2, 0.25) is 0 Å². The highest BCUT2D eigenvalue weighted by molar-refractivity contribution is 4.70. The van der Waals surface area contributed by atoms with Crippen LogP contribution in [0.25, 0.3) is 0 Å². The van der Waals surface area contributed by atoms with Crippen LogP contribution in [0.5, 0.6) is 0 Å². The van der Waals surface area contributed by atoms with E-state index in [1.54, 1.807) is 0 Å². The normalized spacial score (nSPS) is 25.3. The van der Waals surface area contributed by atoms with Gasteiger partial charge in [-0.25, -0.2) is 0 Å². The lowest BCUT2D eigenvalue weighted by Crippen LogP contribution is -2.33. The summed E-state index contributed by atoms with van der Waals surface area (Å²) in [7, 11) is 0. The Kier molecular flexibility index (Phi) is 7.06. The van der Waals surface area contributed by atoms with E-state index in [1.807, 2.05) is 0 Å². The van der Waals surface area contributed by atoms with Gasteiger partial charge in [-0.2, -0.15) is 0 Å². The van der Waals surface area contributed by atoms with E-state index in [0.717, 1.165) is 12.5 Å². The molecule has 0 aromatic heterocycles. The van der Waals surface area contributed by atoms with Crippen LogP contribution >= 0.6 is 0 Å². The van der Waals surface area contributed by atoms with Crippen molar-refractivity contribution in [1.82, 2.24) is 10.2 Å². The molecule has 16 heavy (non-hydrogen) atoms. The Morgan fingerprint density at radius 3 is 2.88 bits per heavy atom. The summed E-state index contributed by atoms with van der Waals surface area (Å²) in [6.07, 6.45) is 6.77. The van der Waals surface area contributed by atoms with Crippen molar-refractivity contribution in [3.05, 3.63) is 0 Å². The molecule has 1 aliphatic rings. The number of rotatable bonds is 6. The van der Waals surface area contributed by atoms with E-state index >= 15 is 0 Å². The average Bonchev–Trinajstić information content (AvgIpc) is 2.48. The minimum absolute atomic E-state index is 0.681. The van der Waals surface area contributed by atoms with E-state index in [4.69, 9.17) is 0 Å². The molecule has 0 amide bonds. The van der Waals surface area contributed by atoms with Gasteiger partial charge in [-0.3, -0.25) is 0 Å². The van der Waals surface area contributed by atoms with Crippen LogP contribution in [0, 0.1) is 5.92 Å². The summed E-state index contributed by atoms with van der Waals surface area (Å²) in [6, 6.07) is 0.681. The molecule has 2 atom stereocenters. The predicted octanol–water partition coefficient (Wildman–Crippen LogP) is 2.89. The molecule has 1 saturated heterocycles. The molecule has 0 aromatic carbocycles. The van der Waals surface area contributed by atoms with Crippen molar-refractivity contribution < 1.29 is 0 Å². The van der Waals surface area contributed by atoms with Crippen molar-refractivity contribution in [3.8, 4) is 0 Å². The Morgan fingerprint density at radius 2 is 2.12 bits per heavy atom. The molecule has 0 radical (unpaired) electrons. The summed E-state index contributed by atoms with van der Waals surface area (Å²) in [5, 5.41) is 3.57. The van der Waals surface area contributed by atoms with Crippen molar-refractivity contribution in [2.24, 2.45) is 5.92 Å². The quantitative estimate of drug-likeness (QED) is 0.749. The van der Waals surface area contributed by atoms with Gasteiger partial charge in [0.15, 0.2) is 0 Å². The number of hydrogen-bond acceptors (Lipinski definition) is 2. The Balaban J connectivity index is 2.11. The molecule has 0 spiro atoms. The summed E-state index contributed by atoms with van der Waals surface area (Å²) < 4.78 is 0. The van der Waals surface area contributed by atoms with Crippen LogP contribution in [-0.4, -0.2) is 37.1 Å². The van der Waals surface area contributed by atoms with Crippen LogP contribution in [0.3, 0.4) is 0 Å². The first-order valence-corrected chi connectivity index (χ1v) is 7.18. The van der Waals surface area contributed by atoms with E-state index in [0.29, 0.717) is 6.04 Å². The number of nitrogens with zero attached hydrogens (tertiary/aromatic N) is 1. The molecule has 2 nitrogen and oxygen atoms in total. The standard InChI is InChI=1S/C14H30N2/c1-4-9-15-14(3)8-12-16-10-5-6-13(2)7-11-16/h13-15H,4-12H2,1-3H3. The summed E-state index contributed by atoms with van der Waals surface area (Å²) in [4.78, 5) is 2.66. The zero-order valence-corrected chi connectivity index (χ0v) is 11.5. The zero-order chi connectivity index (χ0) is 11.8. The van der Waals surface area contributed by atoms with Crippen LogP contribution < -0.4 is 5.32 Å². The molecule has 96 valence electrons. The Hall–Kier alpha value is -0.0800. The third-order valence-electron chi connectivity index (χ3n) is 3.73. The van der Waals surface area contributed by atoms with Gasteiger partial charge in [-0.15, -0.1) is 0 Å². The second-order valence-electron chi connectivity index (χ2n) is 5.52. The van der Waals surface area contributed by atoms with Gasteiger partial charge >= 0.3 is 0 Å². The number of nitrogens with one attached hydrogen (secondary N) is 1. The fourth-order valence-corrected chi connectivity index (χ4v) is 2.42. The molecule has 1 aliphatic heterocycles. The summed E-state index contributed by atoms with van der Waals surface area (Å²) >= 11 is 0. The minimum atomic E-state index is 0.681. The summed E-state index contributed by atoms with van der Waals surface area (Å²) in [5.74, 6) is 0.945. The van der Waals surface area contributed by atoms with E-state index in [1.165, 1.54) is 51.7 Å². The van der Waals surface area contributed by atoms with Gasteiger partial charge < -0.3 is 10.2 Å². The molecular formula is C14H30N2. The molecule has 1 N–H and O–H groups in total. The number of likely N-dealkylation sites (tertiary alicyclic amines) is 1. The van der Waals surface area contributed by atoms with Crippen LogP contribution in [0.4, 0.5) is 0 Å². The lowest BCUT2D eigenvalue weighted by atomic mass is 10.0. The average molecular weight is 226 g/mol. The molecule has 0 bridgehead atoms. The molecule has 0 aromatic rings. The van der Waals surface area contributed by atoms with Gasteiger partial charge in [0.2, 0.25) is 0 Å². The number of hydrogen-bond donors (Lipinski definition) is 1. The van der Waals surface area contributed by atoms with Crippen molar-refractivity contribution >= 4 is 0 Å². The van der Waals surface area contributed by atoms with E-state index in [2.05, 4.69) is 31.0 Å². The SMILES string of the molecule is CCCNC(C)CCN1CCCC(C)CC1. The van der Waals surface area contributed by atoms with E-state index in [-0.39, 0.29) is 0 Å². The van der Waals surface area contributed by atoms with Crippen molar-refractivity contribution in [3.63, 3.8) is 0 Å². The molecule has 1 fully saturated rings. The Labute approximate surface area is 102 Å². The van der Waals surface area contributed by atoms with Crippen LogP contribution in [0.1, 0.15) is 52.9 Å². The molecule has 0 aliphatic carbocycles. The highest BCUT2D eigenvalue weighted by Crippen LogP contribution is 2.16. The van der Waals surface area contributed by atoms with Crippen LogP contribution in [0.15, 0.2) is 0 Å². The van der Waals surface area contributed by atoms with Crippen LogP contribution in [-0.2, 0) is 0 Å². The van der Waals surface area contributed by atoms with Gasteiger partial charge in [-0.05, 0) is 71.1 Å². The van der Waals surface area contributed by atoms with E-state index in [9.17, 15) is 0 Å². The lowest BCUT2D eigenvalue weighted by molar-refractivity contribution is 0.266. The van der Waals surface area contributed by atoms with E-state index < -0.39 is 0 Å². The third-order valence-corrected chi connectivity index (χ3v) is 3.73. The fourth-order valence-electron chi connectivity index (χ4n) is 2.42. The molecule has 1 rings (SSSR count). The summed E-state index contributed by atoms with van der Waals surface area (Å²) in [6.45, 7) is 12.0. The third kappa shape index (κ3) is 5.86. The maximum Gasteiger partial charge on any atom is 0.00508 e. The molecule has 0 saturated carbocycles. The molecular weight excluding hydrogens is 196 g/mol. The molecule has 2 unspecified atom stereocenters. The van der Waals surface area contributed by atoms with Gasteiger partial charge in [0.05, 0.1) is 0 Å². The summed E-state index contributed by atoms with van der Waals surface area (Å²) in [5.41, 5.74) is 0. The molecule has 2 heteroatoms. The van der Waals surface area contributed by atoms with Gasteiger partial charge in [-0.1, -0.05) is 13.8 Å².